The fourth-order valence-electron chi connectivity index (χ4n) is 2.04. The Morgan fingerprint density at radius 1 is 1.04 bits per heavy atom. The second-order valence-corrected chi connectivity index (χ2v) is 8.83. The first kappa shape index (κ1) is 19.9. The molecule has 0 bridgehead atoms. The van der Waals surface area contributed by atoms with Gasteiger partial charge in [-0.15, -0.1) is 12.6 Å². The van der Waals surface area contributed by atoms with Crippen LogP contribution in [0.2, 0.25) is 0 Å². The van der Waals surface area contributed by atoms with Gasteiger partial charge in [0.05, 0.1) is 11.8 Å². The van der Waals surface area contributed by atoms with E-state index in [4.69, 9.17) is 0 Å². The minimum Gasteiger partial charge on any atom is -0.591 e. The van der Waals surface area contributed by atoms with Crippen LogP contribution in [0.4, 0.5) is 13.2 Å². The molecule has 0 spiro atoms. The van der Waals surface area contributed by atoms with Gasteiger partial charge in [0.2, 0.25) is 0 Å². The summed E-state index contributed by atoms with van der Waals surface area (Å²) in [5.41, 5.74) is 0.593. The summed E-state index contributed by atoms with van der Waals surface area (Å²) < 4.78 is 54.8. The monoisotopic (exact) mass is 385 g/mol. The normalized spacial score (nSPS) is 14.1. The van der Waals surface area contributed by atoms with E-state index in [1.54, 1.807) is 45.0 Å². The fourth-order valence-corrected chi connectivity index (χ4v) is 2.85. The highest BCUT2D eigenvalue weighted by Gasteiger charge is 2.31. The number of thiol groups is 1. The molecule has 0 amide bonds. The SMILES string of the molecule is CC(C)(C)[S+]([O-])/N=C/c1ccc(C(F)(F)F)cc1-c1ccccc1S. The minimum absolute atomic E-state index is 0.343. The van der Waals surface area contributed by atoms with Crippen LogP contribution in [0.15, 0.2) is 51.8 Å². The fraction of sp³-hybridized carbons (Fsp3) is 0.278. The van der Waals surface area contributed by atoms with Crippen molar-refractivity contribution < 1.29 is 17.7 Å². The Kier molecular flexibility index (Phi) is 5.91. The smallest absolute Gasteiger partial charge is 0.416 e. The van der Waals surface area contributed by atoms with Gasteiger partial charge in [-0.05, 0) is 50.1 Å². The largest absolute Gasteiger partial charge is 0.591 e. The summed E-state index contributed by atoms with van der Waals surface area (Å²) in [5, 5.41) is 0. The highest BCUT2D eigenvalue weighted by molar-refractivity contribution is 7.91. The second kappa shape index (κ2) is 7.43. The Balaban J connectivity index is 2.57. The zero-order chi connectivity index (χ0) is 18.8. The molecule has 2 rings (SSSR count). The molecule has 0 radical (unpaired) electrons. The number of benzene rings is 2. The third kappa shape index (κ3) is 5.03. The van der Waals surface area contributed by atoms with Crippen LogP contribution in [0.25, 0.3) is 11.1 Å². The molecule has 2 aromatic carbocycles. The molecule has 0 aromatic heterocycles. The molecular weight excluding hydrogens is 367 g/mol. The zero-order valence-electron chi connectivity index (χ0n) is 14.0. The molecule has 0 saturated carbocycles. The van der Waals surface area contributed by atoms with E-state index in [1.165, 1.54) is 12.3 Å². The Morgan fingerprint density at radius 2 is 1.68 bits per heavy atom. The van der Waals surface area contributed by atoms with Crippen LogP contribution in [-0.2, 0) is 17.5 Å². The average molecular weight is 385 g/mol. The zero-order valence-corrected chi connectivity index (χ0v) is 15.7. The van der Waals surface area contributed by atoms with Crippen LogP contribution in [0, 0.1) is 0 Å². The molecule has 0 fully saturated rings. The predicted octanol–water partition coefficient (Wildman–Crippen LogP) is 5.54. The molecule has 7 heteroatoms. The van der Waals surface area contributed by atoms with E-state index in [0.29, 0.717) is 21.6 Å². The van der Waals surface area contributed by atoms with Crippen LogP contribution in [-0.4, -0.2) is 15.5 Å². The number of alkyl halides is 3. The Labute approximate surface area is 153 Å². The van der Waals surface area contributed by atoms with Gasteiger partial charge in [-0.3, -0.25) is 0 Å². The van der Waals surface area contributed by atoms with Gasteiger partial charge < -0.3 is 4.55 Å². The van der Waals surface area contributed by atoms with Crippen molar-refractivity contribution in [2.24, 2.45) is 4.40 Å². The first-order valence-corrected chi connectivity index (χ1v) is 9.01. The molecule has 2 aromatic rings. The van der Waals surface area contributed by atoms with E-state index >= 15 is 0 Å². The van der Waals surface area contributed by atoms with Crippen molar-refractivity contribution in [1.29, 1.82) is 0 Å². The van der Waals surface area contributed by atoms with Crippen LogP contribution in [0.3, 0.4) is 0 Å². The average Bonchev–Trinajstić information content (AvgIpc) is 2.51. The Hall–Kier alpha value is -1.44. The molecule has 0 saturated heterocycles. The number of rotatable bonds is 3. The van der Waals surface area contributed by atoms with E-state index in [9.17, 15) is 17.7 Å². The summed E-state index contributed by atoms with van der Waals surface area (Å²) in [5.74, 6) is 0. The van der Waals surface area contributed by atoms with Crippen molar-refractivity contribution >= 4 is 30.2 Å². The third-order valence-electron chi connectivity index (χ3n) is 3.39. The van der Waals surface area contributed by atoms with E-state index in [1.807, 2.05) is 0 Å². The first-order valence-electron chi connectivity index (χ1n) is 7.46. The van der Waals surface area contributed by atoms with Crippen LogP contribution in [0.1, 0.15) is 31.9 Å². The molecule has 1 atom stereocenters. The van der Waals surface area contributed by atoms with Crippen molar-refractivity contribution in [2.45, 2.75) is 36.6 Å². The highest BCUT2D eigenvalue weighted by atomic mass is 32.2. The van der Waals surface area contributed by atoms with E-state index in [2.05, 4.69) is 17.0 Å². The number of hydrogen-bond donors (Lipinski definition) is 1. The molecule has 0 aliphatic carbocycles. The summed E-state index contributed by atoms with van der Waals surface area (Å²) in [6.07, 6.45) is -3.10. The first-order chi connectivity index (χ1) is 11.5. The van der Waals surface area contributed by atoms with Gasteiger partial charge in [0.15, 0.2) is 0 Å². The molecule has 0 aliphatic heterocycles. The summed E-state index contributed by atoms with van der Waals surface area (Å²) in [7, 11) is 0. The molecule has 0 N–H and O–H groups in total. The van der Waals surface area contributed by atoms with Crippen molar-refractivity contribution in [1.82, 2.24) is 0 Å². The van der Waals surface area contributed by atoms with Gasteiger partial charge in [0.1, 0.15) is 16.1 Å². The lowest BCUT2D eigenvalue weighted by Gasteiger charge is -2.18. The maximum absolute atomic E-state index is 13.1. The molecular formula is C18H18F3NOS2. The summed E-state index contributed by atoms with van der Waals surface area (Å²) in [6, 6.07) is 10.3. The van der Waals surface area contributed by atoms with E-state index in [0.717, 1.165) is 12.1 Å². The van der Waals surface area contributed by atoms with Gasteiger partial charge in [-0.1, -0.05) is 28.7 Å². The van der Waals surface area contributed by atoms with Crippen LogP contribution >= 0.6 is 12.6 Å². The summed E-state index contributed by atoms with van der Waals surface area (Å²) >= 11 is 2.83. The summed E-state index contributed by atoms with van der Waals surface area (Å²) in [6.45, 7) is 5.32. The van der Waals surface area contributed by atoms with Crippen molar-refractivity contribution in [3.05, 3.63) is 53.6 Å². The van der Waals surface area contributed by atoms with Crippen molar-refractivity contribution in [3.63, 3.8) is 0 Å². The van der Waals surface area contributed by atoms with Gasteiger partial charge in [0.25, 0.3) is 0 Å². The maximum Gasteiger partial charge on any atom is 0.416 e. The molecule has 2 nitrogen and oxygen atoms in total. The van der Waals surface area contributed by atoms with Gasteiger partial charge >= 0.3 is 6.18 Å². The Bertz CT molecular complexity index is 783. The van der Waals surface area contributed by atoms with Gasteiger partial charge in [-0.2, -0.15) is 13.2 Å². The molecule has 134 valence electrons. The quantitative estimate of drug-likeness (QED) is 0.420. The lowest BCUT2D eigenvalue weighted by atomic mass is 9.97. The standard InChI is InChI=1S/C18H18F3NOS2/c1-17(2,3)25(23)22-11-12-8-9-13(18(19,20)21)10-15(12)14-6-4-5-7-16(14)24/h4-11,24H,1-3H3/b22-11+. The minimum atomic E-state index is -4.45. The van der Waals surface area contributed by atoms with Gasteiger partial charge in [0, 0.05) is 10.5 Å². The van der Waals surface area contributed by atoms with Crippen molar-refractivity contribution in [3.8, 4) is 11.1 Å². The number of hydrogen-bond acceptors (Lipinski definition) is 3. The molecule has 0 heterocycles. The van der Waals surface area contributed by atoms with E-state index in [-0.39, 0.29) is 0 Å². The van der Waals surface area contributed by atoms with Crippen LogP contribution < -0.4 is 0 Å². The highest BCUT2D eigenvalue weighted by Crippen LogP contribution is 2.35. The lowest BCUT2D eigenvalue weighted by molar-refractivity contribution is -0.137. The van der Waals surface area contributed by atoms with Gasteiger partial charge in [-0.25, -0.2) is 0 Å². The molecule has 25 heavy (non-hydrogen) atoms. The Morgan fingerprint density at radius 3 is 2.24 bits per heavy atom. The topological polar surface area (TPSA) is 35.4 Å². The van der Waals surface area contributed by atoms with Crippen LogP contribution in [0.5, 0.6) is 0 Å². The molecule has 1 unspecified atom stereocenters. The van der Waals surface area contributed by atoms with Crippen molar-refractivity contribution in [2.75, 3.05) is 0 Å². The number of halogens is 3. The molecule has 0 aliphatic rings. The summed E-state index contributed by atoms with van der Waals surface area (Å²) in [4.78, 5) is 0.549. The lowest BCUT2D eigenvalue weighted by Crippen LogP contribution is -2.25. The predicted molar refractivity (Wildman–Crippen MR) is 99.6 cm³/mol. The van der Waals surface area contributed by atoms with E-state index < -0.39 is 27.8 Å². The third-order valence-corrected chi connectivity index (χ3v) is 5.12. The maximum atomic E-state index is 13.1. The second-order valence-electron chi connectivity index (χ2n) is 6.41. The number of nitrogens with zero attached hydrogens (tertiary/aromatic N) is 1.